The Hall–Kier alpha value is -0.610. The quantitative estimate of drug-likeness (QED) is 0.769. The first kappa shape index (κ1) is 15.3. The highest BCUT2D eigenvalue weighted by atomic mass is 16.2. The molecule has 4 nitrogen and oxygen atoms in total. The Labute approximate surface area is 129 Å². The Morgan fingerprint density at radius 1 is 1.05 bits per heavy atom. The van der Waals surface area contributed by atoms with Gasteiger partial charge in [-0.15, -0.1) is 0 Å². The molecule has 0 aromatic heterocycles. The third kappa shape index (κ3) is 3.59. The molecule has 3 aliphatic rings. The van der Waals surface area contributed by atoms with E-state index >= 15 is 0 Å². The average Bonchev–Trinajstić information content (AvgIpc) is 3.10. The number of carbonyl (C=O) groups is 1. The Morgan fingerprint density at radius 2 is 1.67 bits per heavy atom. The van der Waals surface area contributed by atoms with E-state index in [9.17, 15) is 4.79 Å². The smallest absolute Gasteiger partial charge is 0.225 e. The van der Waals surface area contributed by atoms with Crippen molar-refractivity contribution in [1.29, 1.82) is 0 Å². The van der Waals surface area contributed by atoms with Crippen LogP contribution in [0.15, 0.2) is 0 Å². The zero-order valence-corrected chi connectivity index (χ0v) is 13.9. The number of rotatable bonds is 5. The van der Waals surface area contributed by atoms with Crippen LogP contribution in [0.25, 0.3) is 0 Å². The van der Waals surface area contributed by atoms with Crippen LogP contribution in [0, 0.1) is 17.8 Å². The van der Waals surface area contributed by atoms with Crippen molar-refractivity contribution >= 4 is 5.91 Å². The first-order valence-electron chi connectivity index (χ1n) is 8.68. The van der Waals surface area contributed by atoms with Gasteiger partial charge in [-0.3, -0.25) is 4.79 Å². The lowest BCUT2D eigenvalue weighted by atomic mass is 10.0. The molecule has 0 spiro atoms. The molecule has 120 valence electrons. The van der Waals surface area contributed by atoms with Crippen molar-refractivity contribution < 1.29 is 4.79 Å². The minimum absolute atomic E-state index is 0.340. The largest absolute Gasteiger partial charge is 0.344 e. The lowest BCUT2D eigenvalue weighted by Gasteiger charge is -2.36. The maximum atomic E-state index is 12.4. The molecule has 3 rings (SSSR count). The summed E-state index contributed by atoms with van der Waals surface area (Å²) in [6, 6.07) is 0.698. The predicted molar refractivity (Wildman–Crippen MR) is 85.1 cm³/mol. The topological polar surface area (TPSA) is 26.8 Å². The normalized spacial score (nSPS) is 33.2. The number of likely N-dealkylation sites (tertiary alicyclic amines) is 1. The second-order valence-electron chi connectivity index (χ2n) is 7.70. The number of fused-ring (bicyclic) bond motifs is 1. The monoisotopic (exact) mass is 293 g/mol. The van der Waals surface area contributed by atoms with Crippen LogP contribution < -0.4 is 0 Å². The number of piperidine rings is 1. The molecule has 4 heteroatoms. The number of likely N-dealkylation sites (N-methyl/N-ethyl adjacent to an activating group) is 2. The molecular weight excluding hydrogens is 262 g/mol. The summed E-state index contributed by atoms with van der Waals surface area (Å²) in [5.41, 5.74) is 0. The molecule has 2 aliphatic carbocycles. The van der Waals surface area contributed by atoms with Crippen molar-refractivity contribution in [2.75, 3.05) is 47.3 Å². The van der Waals surface area contributed by atoms with Crippen molar-refractivity contribution in [1.82, 2.24) is 14.7 Å². The minimum Gasteiger partial charge on any atom is -0.344 e. The molecule has 1 saturated heterocycles. The molecular formula is C17H31N3O. The van der Waals surface area contributed by atoms with Gasteiger partial charge in [0, 0.05) is 32.1 Å². The van der Waals surface area contributed by atoms with Gasteiger partial charge in [0.15, 0.2) is 0 Å². The molecule has 0 aromatic carbocycles. The van der Waals surface area contributed by atoms with E-state index in [1.807, 2.05) is 11.9 Å². The van der Waals surface area contributed by atoms with Crippen LogP contribution in [-0.2, 0) is 4.79 Å². The predicted octanol–water partition coefficient (Wildman–Crippen LogP) is 1.52. The van der Waals surface area contributed by atoms with Gasteiger partial charge < -0.3 is 14.7 Å². The van der Waals surface area contributed by atoms with Crippen molar-refractivity contribution in [3.8, 4) is 0 Å². The summed E-state index contributed by atoms with van der Waals surface area (Å²) in [7, 11) is 6.42. The molecule has 2 unspecified atom stereocenters. The highest BCUT2D eigenvalue weighted by molar-refractivity contribution is 5.79. The van der Waals surface area contributed by atoms with E-state index in [0.717, 1.165) is 24.9 Å². The Morgan fingerprint density at radius 3 is 2.29 bits per heavy atom. The molecule has 1 amide bonds. The highest BCUT2D eigenvalue weighted by Gasteiger charge is 2.48. The van der Waals surface area contributed by atoms with Crippen molar-refractivity contribution in [2.45, 2.75) is 38.1 Å². The van der Waals surface area contributed by atoms with Gasteiger partial charge in [0.05, 0.1) is 0 Å². The fourth-order valence-electron chi connectivity index (χ4n) is 4.26. The summed E-state index contributed by atoms with van der Waals surface area (Å²) < 4.78 is 0. The molecule has 0 N–H and O–H groups in total. The summed E-state index contributed by atoms with van der Waals surface area (Å²) in [6.07, 6.45) is 6.25. The van der Waals surface area contributed by atoms with Crippen LogP contribution in [0.5, 0.6) is 0 Å². The van der Waals surface area contributed by atoms with Gasteiger partial charge >= 0.3 is 0 Å². The standard InChI is InChI=1S/C17H31N3O/c1-18-6-4-16(5-7-18)19(2)8-9-20(3)17(21)15-11-13-10-14(13)12-15/h13-16H,4-12H2,1-3H3. The van der Waals surface area contributed by atoms with Crippen LogP contribution >= 0.6 is 0 Å². The van der Waals surface area contributed by atoms with Gasteiger partial charge in [-0.1, -0.05) is 0 Å². The summed E-state index contributed by atoms with van der Waals surface area (Å²) in [6.45, 7) is 4.30. The molecule has 0 radical (unpaired) electrons. The van der Waals surface area contributed by atoms with Gasteiger partial charge in [-0.2, -0.15) is 0 Å². The second kappa shape index (κ2) is 6.25. The number of nitrogens with zero attached hydrogens (tertiary/aromatic N) is 3. The fourth-order valence-corrected chi connectivity index (χ4v) is 4.26. The molecule has 0 bridgehead atoms. The van der Waals surface area contributed by atoms with E-state index in [1.54, 1.807) is 0 Å². The first-order valence-corrected chi connectivity index (χ1v) is 8.68. The van der Waals surface area contributed by atoms with Crippen molar-refractivity contribution in [2.24, 2.45) is 17.8 Å². The summed E-state index contributed by atoms with van der Waals surface area (Å²) in [5.74, 6) is 2.54. The fraction of sp³-hybridized carbons (Fsp3) is 0.941. The van der Waals surface area contributed by atoms with Crippen LogP contribution in [0.4, 0.5) is 0 Å². The molecule has 1 aliphatic heterocycles. The van der Waals surface area contributed by atoms with Crippen LogP contribution in [0.2, 0.25) is 0 Å². The maximum Gasteiger partial charge on any atom is 0.225 e. The molecule has 21 heavy (non-hydrogen) atoms. The maximum absolute atomic E-state index is 12.4. The lowest BCUT2D eigenvalue weighted by molar-refractivity contribution is -0.134. The molecule has 2 saturated carbocycles. The third-order valence-corrected chi connectivity index (χ3v) is 6.07. The molecule has 2 atom stereocenters. The minimum atomic E-state index is 0.340. The van der Waals surface area contributed by atoms with Gasteiger partial charge in [0.2, 0.25) is 5.91 Å². The Kier molecular flexibility index (Phi) is 4.55. The van der Waals surface area contributed by atoms with Gasteiger partial charge in [0.1, 0.15) is 0 Å². The summed E-state index contributed by atoms with van der Waals surface area (Å²) in [4.78, 5) is 19.3. The van der Waals surface area contributed by atoms with Crippen molar-refractivity contribution in [3.05, 3.63) is 0 Å². The Balaban J connectivity index is 1.38. The molecule has 1 heterocycles. The SMILES string of the molecule is CN1CCC(N(C)CCN(C)C(=O)C2CC3CC3C2)CC1. The zero-order valence-electron chi connectivity index (χ0n) is 13.9. The number of carbonyl (C=O) groups excluding carboxylic acids is 1. The molecule has 3 fully saturated rings. The summed E-state index contributed by atoms with van der Waals surface area (Å²) >= 11 is 0. The van der Waals surface area contributed by atoms with Crippen LogP contribution in [0.1, 0.15) is 32.1 Å². The number of hydrogen-bond donors (Lipinski definition) is 0. The van der Waals surface area contributed by atoms with Crippen LogP contribution in [0.3, 0.4) is 0 Å². The number of amides is 1. The van der Waals surface area contributed by atoms with E-state index in [-0.39, 0.29) is 0 Å². The zero-order chi connectivity index (χ0) is 15.0. The number of hydrogen-bond acceptors (Lipinski definition) is 3. The Bertz CT molecular complexity index is 368. The van der Waals surface area contributed by atoms with Crippen molar-refractivity contribution in [3.63, 3.8) is 0 Å². The molecule has 0 aromatic rings. The third-order valence-electron chi connectivity index (χ3n) is 6.07. The van der Waals surface area contributed by atoms with Gasteiger partial charge in [-0.25, -0.2) is 0 Å². The average molecular weight is 293 g/mol. The van der Waals surface area contributed by atoms with Crippen LogP contribution in [-0.4, -0.2) is 74.0 Å². The van der Waals surface area contributed by atoms with E-state index < -0.39 is 0 Å². The van der Waals surface area contributed by atoms with E-state index in [4.69, 9.17) is 0 Å². The van der Waals surface area contributed by atoms with E-state index in [2.05, 4.69) is 23.9 Å². The lowest BCUT2D eigenvalue weighted by Crippen LogP contribution is -2.45. The second-order valence-corrected chi connectivity index (χ2v) is 7.70. The summed E-state index contributed by atoms with van der Waals surface area (Å²) in [5, 5.41) is 0. The van der Waals surface area contributed by atoms with E-state index in [1.165, 1.54) is 45.2 Å². The van der Waals surface area contributed by atoms with Gasteiger partial charge in [-0.05, 0) is 71.1 Å². The van der Waals surface area contributed by atoms with Gasteiger partial charge in [0.25, 0.3) is 0 Å². The van der Waals surface area contributed by atoms with E-state index in [0.29, 0.717) is 17.9 Å². The first-order chi connectivity index (χ1) is 10.0. The highest BCUT2D eigenvalue weighted by Crippen LogP contribution is 2.54.